The number of aliphatic carboxylic acids is 1. The highest BCUT2D eigenvalue weighted by Crippen LogP contribution is 2.26. The van der Waals surface area contributed by atoms with Crippen LogP contribution in [0.4, 0.5) is 28.2 Å². The number of nitrogens with one attached hydrogen (secondary N) is 1. The van der Waals surface area contributed by atoms with Crippen molar-refractivity contribution in [3.8, 4) is 11.1 Å². The fraction of sp³-hybridized carbons (Fsp3) is 0.375. The van der Waals surface area contributed by atoms with Gasteiger partial charge in [0, 0.05) is 48.5 Å². The number of hydrogen-bond acceptors (Lipinski definition) is 8. The number of aromatic nitrogens is 3. The van der Waals surface area contributed by atoms with Crippen molar-refractivity contribution in [1.29, 1.82) is 0 Å². The summed E-state index contributed by atoms with van der Waals surface area (Å²) in [5, 5.41) is 11.8. The molecule has 1 aliphatic heterocycles. The molecule has 0 unspecified atom stereocenters. The molecule has 38 heavy (non-hydrogen) atoms. The van der Waals surface area contributed by atoms with Crippen LogP contribution >= 0.6 is 11.3 Å². The van der Waals surface area contributed by atoms with Gasteiger partial charge in [-0.2, -0.15) is 13.2 Å². The number of ether oxygens (including phenoxy) is 1. The Hall–Kier alpha value is -3.81. The van der Waals surface area contributed by atoms with Crippen molar-refractivity contribution in [1.82, 2.24) is 20.3 Å². The molecule has 0 aromatic carbocycles. The van der Waals surface area contributed by atoms with E-state index in [2.05, 4.69) is 25.2 Å². The molecule has 1 saturated heterocycles. The molecule has 4 heterocycles. The van der Waals surface area contributed by atoms with Crippen LogP contribution in [0.2, 0.25) is 0 Å². The maximum Gasteiger partial charge on any atom is 0.490 e. The Kier molecular flexibility index (Phi) is 10.3. The normalized spacial score (nSPS) is 13.8. The van der Waals surface area contributed by atoms with E-state index in [4.69, 9.17) is 14.6 Å². The molecule has 2 N–H and O–H groups in total. The van der Waals surface area contributed by atoms with Crippen LogP contribution in [0, 0.1) is 11.7 Å². The van der Waals surface area contributed by atoms with Crippen molar-refractivity contribution >= 4 is 29.2 Å². The first kappa shape index (κ1) is 28.8. The lowest BCUT2D eigenvalue weighted by atomic mass is 9.93. The van der Waals surface area contributed by atoms with E-state index in [1.54, 1.807) is 17.9 Å². The maximum absolute atomic E-state index is 13.4. The fourth-order valence-electron chi connectivity index (χ4n) is 3.64. The van der Waals surface area contributed by atoms with Crippen LogP contribution in [-0.4, -0.2) is 57.9 Å². The molecule has 1 fully saturated rings. The van der Waals surface area contributed by atoms with Gasteiger partial charge in [0.05, 0.1) is 17.4 Å². The smallest absolute Gasteiger partial charge is 0.475 e. The van der Waals surface area contributed by atoms with E-state index in [9.17, 15) is 22.4 Å². The van der Waals surface area contributed by atoms with Crippen LogP contribution < -0.4 is 10.2 Å². The highest BCUT2D eigenvalue weighted by Gasteiger charge is 2.38. The molecule has 0 atom stereocenters. The molecule has 4 rings (SSSR count). The molecular weight excluding hydrogens is 530 g/mol. The second-order valence-corrected chi connectivity index (χ2v) is 9.02. The number of carbonyl (C=O) groups is 2. The quantitative estimate of drug-likeness (QED) is 0.395. The number of pyridine rings is 2. The second kappa shape index (κ2) is 13.7. The van der Waals surface area contributed by atoms with Gasteiger partial charge >= 0.3 is 18.2 Å². The van der Waals surface area contributed by atoms with E-state index in [-0.39, 0.29) is 12.4 Å². The third-order valence-electron chi connectivity index (χ3n) is 5.62. The van der Waals surface area contributed by atoms with Gasteiger partial charge < -0.3 is 20.1 Å². The molecule has 3 aromatic rings. The summed E-state index contributed by atoms with van der Waals surface area (Å²) in [6, 6.07) is 5.38. The first-order chi connectivity index (χ1) is 18.1. The first-order valence-corrected chi connectivity index (χ1v) is 12.5. The predicted octanol–water partition coefficient (Wildman–Crippen LogP) is 4.91. The van der Waals surface area contributed by atoms with E-state index in [1.807, 2.05) is 17.5 Å². The number of rotatable bonds is 7. The van der Waals surface area contributed by atoms with Crippen LogP contribution in [0.15, 0.2) is 47.7 Å². The summed E-state index contributed by atoms with van der Waals surface area (Å²) in [5.41, 5.74) is 4.05. The molecule has 0 spiro atoms. The SMILES string of the molecule is O=C(NCCC1CCN(c2ccc(-c3cncc(F)c3)cn2)CC1)OCc1cscn1.O=C(O)C(F)(F)F. The van der Waals surface area contributed by atoms with Crippen LogP contribution in [0.1, 0.15) is 25.0 Å². The van der Waals surface area contributed by atoms with Crippen molar-refractivity contribution < 1.29 is 37.0 Å². The van der Waals surface area contributed by atoms with Crippen LogP contribution in [0.5, 0.6) is 0 Å². The lowest BCUT2D eigenvalue weighted by Gasteiger charge is -2.32. The van der Waals surface area contributed by atoms with Crippen molar-refractivity contribution in [2.24, 2.45) is 5.92 Å². The number of thiazole rings is 1. The van der Waals surface area contributed by atoms with Gasteiger partial charge in [-0.05, 0) is 43.4 Å². The molecule has 204 valence electrons. The van der Waals surface area contributed by atoms with Crippen molar-refractivity contribution in [2.75, 3.05) is 24.5 Å². The molecule has 9 nitrogen and oxygen atoms in total. The minimum absolute atomic E-state index is 0.204. The third kappa shape index (κ3) is 9.25. The summed E-state index contributed by atoms with van der Waals surface area (Å²) < 4.78 is 50.3. The number of carboxylic acids is 1. The molecule has 0 radical (unpaired) electrons. The zero-order valence-corrected chi connectivity index (χ0v) is 20.8. The summed E-state index contributed by atoms with van der Waals surface area (Å²) >= 11 is 1.48. The monoisotopic (exact) mass is 555 g/mol. The molecule has 0 saturated carbocycles. The summed E-state index contributed by atoms with van der Waals surface area (Å²) in [4.78, 5) is 35.5. The minimum Gasteiger partial charge on any atom is -0.475 e. The standard InChI is InChI=1S/C22H24FN5O2S.C2HF3O2/c23-19-9-18(10-24-12-19)17-1-2-21(26-11-17)28-7-4-16(5-8-28)3-6-25-22(29)30-13-20-14-31-15-27-20;3-2(4,5)1(6)7/h1-2,9-12,14-16H,3-8,13H2,(H,25,29);(H,6,7). The van der Waals surface area contributed by atoms with Gasteiger partial charge in [-0.15, -0.1) is 11.3 Å². The van der Waals surface area contributed by atoms with Gasteiger partial charge in [-0.1, -0.05) is 0 Å². The first-order valence-electron chi connectivity index (χ1n) is 11.5. The lowest BCUT2D eigenvalue weighted by Crippen LogP contribution is -2.35. The van der Waals surface area contributed by atoms with Crippen LogP contribution in [0.3, 0.4) is 0 Å². The summed E-state index contributed by atoms with van der Waals surface area (Å²) in [6.45, 7) is 2.66. The number of carbonyl (C=O) groups excluding carboxylic acids is 1. The highest BCUT2D eigenvalue weighted by atomic mass is 32.1. The summed E-state index contributed by atoms with van der Waals surface area (Å²) in [6.07, 6.45) is 2.13. The van der Waals surface area contributed by atoms with Gasteiger partial charge in [0.1, 0.15) is 18.2 Å². The van der Waals surface area contributed by atoms with Gasteiger partial charge in [-0.25, -0.2) is 23.9 Å². The van der Waals surface area contributed by atoms with Gasteiger partial charge in [-0.3, -0.25) is 4.98 Å². The number of carboxylic acid groups (broad SMARTS) is 1. The number of hydrogen-bond donors (Lipinski definition) is 2. The molecule has 0 aliphatic carbocycles. The van der Waals surface area contributed by atoms with Crippen molar-refractivity contribution in [3.05, 3.63) is 59.2 Å². The Bertz CT molecular complexity index is 1170. The molecule has 1 amide bonds. The number of alkyl carbamates (subject to hydrolysis) is 1. The topological polar surface area (TPSA) is 118 Å². The second-order valence-electron chi connectivity index (χ2n) is 8.30. The van der Waals surface area contributed by atoms with E-state index in [0.717, 1.165) is 55.0 Å². The number of alkyl halides is 3. The number of amides is 1. The number of piperidine rings is 1. The molecule has 14 heteroatoms. The van der Waals surface area contributed by atoms with Crippen molar-refractivity contribution in [3.63, 3.8) is 0 Å². The zero-order valence-electron chi connectivity index (χ0n) is 20.0. The number of nitrogens with zero attached hydrogens (tertiary/aromatic N) is 4. The molecule has 0 bridgehead atoms. The fourth-order valence-corrected chi connectivity index (χ4v) is 4.19. The van der Waals surface area contributed by atoms with E-state index in [1.165, 1.54) is 23.6 Å². The highest BCUT2D eigenvalue weighted by molar-refractivity contribution is 7.07. The lowest BCUT2D eigenvalue weighted by molar-refractivity contribution is -0.192. The predicted molar refractivity (Wildman–Crippen MR) is 131 cm³/mol. The zero-order chi connectivity index (χ0) is 27.5. The van der Waals surface area contributed by atoms with Gasteiger partial charge in [0.25, 0.3) is 0 Å². The van der Waals surface area contributed by atoms with Gasteiger partial charge in [0.2, 0.25) is 0 Å². The van der Waals surface area contributed by atoms with Crippen LogP contribution in [-0.2, 0) is 16.1 Å². The Balaban J connectivity index is 0.000000505. The Labute approximate surface area is 219 Å². The Morgan fingerprint density at radius 2 is 1.87 bits per heavy atom. The Morgan fingerprint density at radius 1 is 1.13 bits per heavy atom. The van der Waals surface area contributed by atoms with E-state index >= 15 is 0 Å². The number of anilines is 1. The number of halogens is 4. The summed E-state index contributed by atoms with van der Waals surface area (Å²) in [7, 11) is 0. The largest absolute Gasteiger partial charge is 0.490 e. The third-order valence-corrected chi connectivity index (χ3v) is 6.26. The van der Waals surface area contributed by atoms with Gasteiger partial charge in [0.15, 0.2) is 0 Å². The Morgan fingerprint density at radius 3 is 2.45 bits per heavy atom. The van der Waals surface area contributed by atoms with E-state index in [0.29, 0.717) is 12.5 Å². The molecular formula is C24H25F4N5O4S. The van der Waals surface area contributed by atoms with E-state index < -0.39 is 18.2 Å². The molecule has 1 aliphatic rings. The average molecular weight is 556 g/mol. The van der Waals surface area contributed by atoms with Crippen LogP contribution in [0.25, 0.3) is 11.1 Å². The average Bonchev–Trinajstić information content (AvgIpc) is 3.42. The molecule has 3 aromatic heterocycles. The van der Waals surface area contributed by atoms with Crippen molar-refractivity contribution in [2.45, 2.75) is 32.0 Å². The minimum atomic E-state index is -5.08. The maximum atomic E-state index is 13.4. The summed E-state index contributed by atoms with van der Waals surface area (Å²) in [5.74, 6) is -1.62.